The van der Waals surface area contributed by atoms with Crippen molar-refractivity contribution >= 4 is 5.96 Å². The first-order chi connectivity index (χ1) is 11.0. The van der Waals surface area contributed by atoms with E-state index in [4.69, 9.17) is 9.52 Å². The molecule has 23 heavy (non-hydrogen) atoms. The predicted octanol–water partition coefficient (Wildman–Crippen LogP) is 3.53. The topological polar surface area (TPSA) is 62.5 Å². The van der Waals surface area contributed by atoms with Crippen molar-refractivity contribution in [2.45, 2.75) is 72.3 Å². The van der Waals surface area contributed by atoms with Gasteiger partial charge >= 0.3 is 0 Å². The third kappa shape index (κ3) is 4.98. The van der Waals surface area contributed by atoms with Crippen LogP contribution < -0.4 is 10.6 Å². The normalized spacial score (nSPS) is 23.6. The van der Waals surface area contributed by atoms with E-state index in [1.54, 1.807) is 0 Å². The van der Waals surface area contributed by atoms with Crippen molar-refractivity contribution in [3.8, 4) is 0 Å². The van der Waals surface area contributed by atoms with Crippen molar-refractivity contribution in [1.82, 2.24) is 15.8 Å². The second-order valence-electron chi connectivity index (χ2n) is 6.96. The van der Waals surface area contributed by atoms with Crippen molar-refractivity contribution in [2.24, 2.45) is 10.9 Å². The molecule has 1 fully saturated rings. The molecule has 1 atom stereocenters. The van der Waals surface area contributed by atoms with Crippen molar-refractivity contribution < 1.29 is 4.52 Å². The third-order valence-corrected chi connectivity index (χ3v) is 4.81. The van der Waals surface area contributed by atoms with Gasteiger partial charge in [-0.1, -0.05) is 19.0 Å². The van der Waals surface area contributed by atoms with E-state index in [-0.39, 0.29) is 0 Å². The Labute approximate surface area is 140 Å². The lowest BCUT2D eigenvalue weighted by atomic mass is 9.87. The maximum absolute atomic E-state index is 5.27. The molecule has 1 aliphatic carbocycles. The molecule has 1 saturated carbocycles. The monoisotopic (exact) mass is 320 g/mol. The fourth-order valence-corrected chi connectivity index (χ4v) is 3.43. The minimum atomic E-state index is 0.308. The summed E-state index contributed by atoms with van der Waals surface area (Å²) in [5.41, 5.74) is 2.17. The zero-order valence-corrected chi connectivity index (χ0v) is 15.3. The van der Waals surface area contributed by atoms with Crippen molar-refractivity contribution in [3.05, 3.63) is 17.0 Å². The largest absolute Gasteiger partial charge is 0.361 e. The van der Waals surface area contributed by atoms with Crippen molar-refractivity contribution in [2.75, 3.05) is 13.1 Å². The first-order valence-electron chi connectivity index (χ1n) is 8.98. The molecule has 2 rings (SSSR count). The molecule has 0 aromatic carbocycles. The number of guanidine groups is 1. The minimum absolute atomic E-state index is 0.308. The molecule has 0 radical (unpaired) electrons. The Balaban J connectivity index is 1.95. The molecule has 1 unspecified atom stereocenters. The molecule has 0 saturated heterocycles. The zero-order chi connectivity index (χ0) is 16.8. The molecular formula is C18H32N4O. The molecule has 130 valence electrons. The van der Waals surface area contributed by atoms with Crippen LogP contribution in [-0.4, -0.2) is 30.2 Å². The third-order valence-electron chi connectivity index (χ3n) is 4.81. The highest BCUT2D eigenvalue weighted by Gasteiger charge is 2.20. The van der Waals surface area contributed by atoms with Crippen LogP contribution in [0, 0.1) is 19.8 Å². The van der Waals surface area contributed by atoms with Gasteiger partial charge in [-0.05, 0) is 52.4 Å². The molecule has 5 nitrogen and oxygen atoms in total. The van der Waals surface area contributed by atoms with E-state index in [0.29, 0.717) is 12.0 Å². The fourth-order valence-electron chi connectivity index (χ4n) is 3.43. The number of rotatable bonds is 5. The maximum Gasteiger partial charge on any atom is 0.191 e. The molecule has 0 aliphatic heterocycles. The summed E-state index contributed by atoms with van der Waals surface area (Å²) in [5, 5.41) is 11.0. The summed E-state index contributed by atoms with van der Waals surface area (Å²) in [7, 11) is 0. The van der Waals surface area contributed by atoms with E-state index >= 15 is 0 Å². The van der Waals surface area contributed by atoms with Gasteiger partial charge in [0, 0.05) is 30.6 Å². The first kappa shape index (κ1) is 17.8. The van der Waals surface area contributed by atoms with Gasteiger partial charge in [0.05, 0.1) is 5.69 Å². The van der Waals surface area contributed by atoms with Crippen LogP contribution in [0.1, 0.15) is 69.4 Å². The minimum Gasteiger partial charge on any atom is -0.361 e. The summed E-state index contributed by atoms with van der Waals surface area (Å²) >= 11 is 0. The van der Waals surface area contributed by atoms with Crippen LogP contribution in [0.2, 0.25) is 0 Å². The van der Waals surface area contributed by atoms with Crippen LogP contribution in [0.4, 0.5) is 0 Å². The molecule has 1 heterocycles. The first-order valence-corrected chi connectivity index (χ1v) is 8.98. The van der Waals surface area contributed by atoms with Crippen LogP contribution in [0.5, 0.6) is 0 Å². The molecule has 0 spiro atoms. The Kier molecular flexibility index (Phi) is 6.48. The molecule has 1 aromatic heterocycles. The Bertz CT molecular complexity index is 496. The highest BCUT2D eigenvalue weighted by Crippen LogP contribution is 2.24. The zero-order valence-electron chi connectivity index (χ0n) is 15.3. The summed E-state index contributed by atoms with van der Waals surface area (Å²) < 4.78 is 5.27. The van der Waals surface area contributed by atoms with Crippen LogP contribution >= 0.6 is 0 Å². The van der Waals surface area contributed by atoms with Gasteiger partial charge in [-0.25, -0.2) is 0 Å². The number of nitrogens with one attached hydrogen (secondary N) is 2. The summed E-state index contributed by atoms with van der Waals surface area (Å²) in [6.07, 6.45) is 5.11. The van der Waals surface area contributed by atoms with Crippen LogP contribution in [0.15, 0.2) is 9.52 Å². The average Bonchev–Trinajstić information content (AvgIpc) is 2.86. The van der Waals surface area contributed by atoms with E-state index in [9.17, 15) is 0 Å². The molecular weight excluding hydrogens is 288 g/mol. The van der Waals surface area contributed by atoms with Gasteiger partial charge in [0.2, 0.25) is 0 Å². The Hall–Kier alpha value is -1.52. The maximum atomic E-state index is 5.27. The van der Waals surface area contributed by atoms with E-state index in [1.165, 1.54) is 31.2 Å². The van der Waals surface area contributed by atoms with Crippen molar-refractivity contribution in [3.63, 3.8) is 0 Å². The van der Waals surface area contributed by atoms with Gasteiger partial charge in [0.25, 0.3) is 0 Å². The molecule has 2 N–H and O–H groups in total. The fraction of sp³-hybridized carbons (Fsp3) is 0.778. The van der Waals surface area contributed by atoms with Gasteiger partial charge in [0.1, 0.15) is 5.76 Å². The molecule has 0 bridgehead atoms. The van der Waals surface area contributed by atoms with Crippen LogP contribution in [-0.2, 0) is 0 Å². The van der Waals surface area contributed by atoms with E-state index < -0.39 is 0 Å². The number of aromatic nitrogens is 1. The SMILES string of the molecule is CCNC(=NCC(C)c1c(C)noc1C)NC1CCC(C)CC1. The molecule has 0 amide bonds. The summed E-state index contributed by atoms with van der Waals surface area (Å²) in [6, 6.07) is 0.554. The standard InChI is InChI=1S/C18H32N4O/c1-6-19-18(21-16-9-7-12(2)8-10-16)20-11-13(3)17-14(4)22-23-15(17)5/h12-13,16H,6-11H2,1-5H3,(H2,19,20,21). The van der Waals surface area contributed by atoms with E-state index in [2.05, 4.69) is 36.6 Å². The van der Waals surface area contributed by atoms with Crippen molar-refractivity contribution in [1.29, 1.82) is 0 Å². The van der Waals surface area contributed by atoms with Gasteiger partial charge in [0.15, 0.2) is 5.96 Å². The quantitative estimate of drug-likeness (QED) is 0.643. The lowest BCUT2D eigenvalue weighted by Crippen LogP contribution is -2.44. The molecule has 1 aliphatic rings. The van der Waals surface area contributed by atoms with Gasteiger partial charge < -0.3 is 15.2 Å². The lowest BCUT2D eigenvalue weighted by molar-refractivity contribution is 0.329. The van der Waals surface area contributed by atoms with E-state index in [0.717, 1.165) is 36.4 Å². The Morgan fingerprint density at radius 2 is 2.00 bits per heavy atom. The summed E-state index contributed by atoms with van der Waals surface area (Å²) in [4.78, 5) is 4.79. The molecule has 5 heteroatoms. The lowest BCUT2D eigenvalue weighted by Gasteiger charge is -2.28. The number of nitrogens with zero attached hydrogens (tertiary/aromatic N) is 2. The second-order valence-corrected chi connectivity index (χ2v) is 6.96. The Morgan fingerprint density at radius 1 is 1.30 bits per heavy atom. The average molecular weight is 320 g/mol. The molecule has 1 aromatic rings. The predicted molar refractivity (Wildman–Crippen MR) is 94.9 cm³/mol. The summed E-state index contributed by atoms with van der Waals surface area (Å²) in [6.45, 7) is 12.2. The highest BCUT2D eigenvalue weighted by atomic mass is 16.5. The second kappa shape index (κ2) is 8.37. The van der Waals surface area contributed by atoms with Crippen LogP contribution in [0.3, 0.4) is 0 Å². The number of aliphatic imine (C=N–C) groups is 1. The van der Waals surface area contributed by atoms with Gasteiger partial charge in [-0.15, -0.1) is 0 Å². The summed E-state index contributed by atoms with van der Waals surface area (Å²) in [5.74, 6) is 3.02. The number of hydrogen-bond acceptors (Lipinski definition) is 3. The smallest absolute Gasteiger partial charge is 0.191 e. The Morgan fingerprint density at radius 3 is 2.57 bits per heavy atom. The number of hydrogen-bond donors (Lipinski definition) is 2. The van der Waals surface area contributed by atoms with Gasteiger partial charge in [-0.3, -0.25) is 4.99 Å². The van der Waals surface area contributed by atoms with E-state index in [1.807, 2.05) is 13.8 Å². The van der Waals surface area contributed by atoms with Crippen LogP contribution in [0.25, 0.3) is 0 Å². The van der Waals surface area contributed by atoms with Gasteiger partial charge in [-0.2, -0.15) is 0 Å². The number of aryl methyl sites for hydroxylation is 2. The highest BCUT2D eigenvalue weighted by molar-refractivity contribution is 5.80.